The van der Waals surface area contributed by atoms with Gasteiger partial charge in [0.1, 0.15) is 5.82 Å². The van der Waals surface area contributed by atoms with Crippen molar-refractivity contribution in [3.63, 3.8) is 0 Å². The molecule has 2 N–H and O–H groups in total. The molecule has 1 aromatic rings. The highest BCUT2D eigenvalue weighted by atomic mass is 79.9. The summed E-state index contributed by atoms with van der Waals surface area (Å²) in [6, 6.07) is 3.53. The lowest BCUT2D eigenvalue weighted by Crippen LogP contribution is -2.04. The maximum Gasteiger partial charge on any atom is 0.140 e. The van der Waals surface area contributed by atoms with E-state index < -0.39 is 0 Å². The Bertz CT molecular complexity index is 281. The molecule has 0 aliphatic heterocycles. The van der Waals surface area contributed by atoms with Gasteiger partial charge in [0.15, 0.2) is 0 Å². The lowest BCUT2D eigenvalue weighted by atomic mass is 10.1. The van der Waals surface area contributed by atoms with Crippen LogP contribution in [0.15, 0.2) is 16.6 Å². The average Bonchev–Trinajstić information content (AvgIpc) is 2.10. The fourth-order valence-electron chi connectivity index (χ4n) is 1.12. The third-order valence-corrected chi connectivity index (χ3v) is 2.36. The van der Waals surface area contributed by atoms with E-state index in [1.54, 1.807) is 19.1 Å². The molecule has 0 saturated heterocycles. The molecule has 1 rings (SSSR count). The zero-order valence-electron chi connectivity index (χ0n) is 7.31. The first-order valence-electron chi connectivity index (χ1n) is 3.91. The van der Waals surface area contributed by atoms with E-state index in [4.69, 9.17) is 5.90 Å². The van der Waals surface area contributed by atoms with Gasteiger partial charge in [-0.2, -0.15) is 0 Å². The first-order valence-corrected chi connectivity index (χ1v) is 4.70. The Balaban J connectivity index is 2.86. The number of rotatable bonds is 3. The molecule has 0 atom stereocenters. The fraction of sp³-hybridized carbons (Fsp3) is 0.333. The Labute approximate surface area is 85.0 Å². The molecule has 4 heteroatoms. The van der Waals surface area contributed by atoms with Crippen LogP contribution in [0.25, 0.3) is 0 Å². The smallest absolute Gasteiger partial charge is 0.140 e. The van der Waals surface area contributed by atoms with Crippen molar-refractivity contribution in [3.05, 3.63) is 33.5 Å². The van der Waals surface area contributed by atoms with Gasteiger partial charge in [-0.25, -0.2) is 10.3 Å². The quantitative estimate of drug-likeness (QED) is 0.833. The third-order valence-electron chi connectivity index (χ3n) is 1.78. The fourth-order valence-corrected chi connectivity index (χ4v) is 1.73. The maximum atomic E-state index is 13.1. The molecule has 0 aromatic heterocycles. The van der Waals surface area contributed by atoms with E-state index in [1.165, 1.54) is 0 Å². The van der Waals surface area contributed by atoms with Crippen molar-refractivity contribution < 1.29 is 9.23 Å². The first kappa shape index (κ1) is 10.6. The van der Waals surface area contributed by atoms with Gasteiger partial charge in [0.25, 0.3) is 0 Å². The zero-order chi connectivity index (χ0) is 9.84. The highest BCUT2D eigenvalue weighted by molar-refractivity contribution is 9.10. The Morgan fingerprint density at radius 1 is 1.54 bits per heavy atom. The molecule has 0 unspecified atom stereocenters. The minimum Gasteiger partial charge on any atom is -0.304 e. The highest BCUT2D eigenvalue weighted by Crippen LogP contribution is 2.20. The number of nitrogens with two attached hydrogens (primary N) is 1. The van der Waals surface area contributed by atoms with E-state index in [0.717, 1.165) is 5.56 Å². The summed E-state index contributed by atoms with van der Waals surface area (Å²) >= 11 is 3.14. The topological polar surface area (TPSA) is 35.2 Å². The van der Waals surface area contributed by atoms with Crippen LogP contribution in [0.4, 0.5) is 4.39 Å². The summed E-state index contributed by atoms with van der Waals surface area (Å²) in [4.78, 5) is 4.45. The van der Waals surface area contributed by atoms with E-state index in [-0.39, 0.29) is 5.82 Å². The van der Waals surface area contributed by atoms with Crippen molar-refractivity contribution in [2.24, 2.45) is 5.90 Å². The van der Waals surface area contributed by atoms with E-state index >= 15 is 0 Å². The van der Waals surface area contributed by atoms with E-state index in [0.29, 0.717) is 23.1 Å². The SMILES string of the molecule is Cc1cc(CCON)cc(Br)c1F. The maximum absolute atomic E-state index is 13.1. The summed E-state index contributed by atoms with van der Waals surface area (Å²) < 4.78 is 13.6. The van der Waals surface area contributed by atoms with Crippen LogP contribution in [-0.4, -0.2) is 6.61 Å². The summed E-state index contributed by atoms with van der Waals surface area (Å²) in [6.45, 7) is 2.17. The Hall–Kier alpha value is -0.450. The zero-order valence-corrected chi connectivity index (χ0v) is 8.90. The predicted octanol–water partition coefficient (Wildman–Crippen LogP) is 2.33. The lowest BCUT2D eigenvalue weighted by Gasteiger charge is -2.04. The summed E-state index contributed by atoms with van der Waals surface area (Å²) in [7, 11) is 0. The molecule has 0 amide bonds. The summed E-state index contributed by atoms with van der Waals surface area (Å²) in [5, 5.41) is 0. The van der Waals surface area contributed by atoms with Crippen LogP contribution < -0.4 is 5.90 Å². The predicted molar refractivity (Wildman–Crippen MR) is 52.7 cm³/mol. The molecular formula is C9H11BrFNO. The third kappa shape index (κ3) is 2.76. The van der Waals surface area contributed by atoms with Crippen LogP contribution in [0.3, 0.4) is 0 Å². The Morgan fingerprint density at radius 3 is 2.77 bits per heavy atom. The summed E-state index contributed by atoms with van der Waals surface area (Å²) in [6.07, 6.45) is 0.691. The Kier molecular flexibility index (Phi) is 3.84. The molecule has 0 radical (unpaired) electrons. The van der Waals surface area contributed by atoms with Gasteiger partial charge in [-0.05, 0) is 46.5 Å². The van der Waals surface area contributed by atoms with Crippen LogP contribution in [0.2, 0.25) is 0 Å². The van der Waals surface area contributed by atoms with Crippen LogP contribution >= 0.6 is 15.9 Å². The molecule has 0 saturated carbocycles. The standard InChI is InChI=1S/C9H11BrFNO/c1-6-4-7(2-3-13-12)5-8(10)9(6)11/h4-5H,2-3,12H2,1H3. The molecule has 1 aromatic carbocycles. The van der Waals surface area contributed by atoms with Crippen molar-refractivity contribution in [2.75, 3.05) is 6.61 Å². The lowest BCUT2D eigenvalue weighted by molar-refractivity contribution is 0.141. The molecule has 0 aliphatic carbocycles. The van der Waals surface area contributed by atoms with Gasteiger partial charge >= 0.3 is 0 Å². The Morgan fingerprint density at radius 2 is 2.23 bits per heavy atom. The van der Waals surface area contributed by atoms with Crippen molar-refractivity contribution >= 4 is 15.9 Å². The van der Waals surface area contributed by atoms with Gasteiger partial charge in [0, 0.05) is 0 Å². The molecule has 0 fully saturated rings. The van der Waals surface area contributed by atoms with Crippen molar-refractivity contribution in [1.82, 2.24) is 0 Å². The minimum atomic E-state index is -0.211. The van der Waals surface area contributed by atoms with E-state index in [1.807, 2.05) is 0 Å². The molecule has 0 spiro atoms. The molecule has 72 valence electrons. The van der Waals surface area contributed by atoms with Crippen molar-refractivity contribution in [3.8, 4) is 0 Å². The van der Waals surface area contributed by atoms with Gasteiger partial charge in [-0.15, -0.1) is 0 Å². The number of aryl methyl sites for hydroxylation is 1. The van der Waals surface area contributed by atoms with Crippen LogP contribution in [-0.2, 0) is 11.3 Å². The van der Waals surface area contributed by atoms with Gasteiger partial charge in [-0.3, -0.25) is 0 Å². The normalized spacial score (nSPS) is 10.5. The molecular weight excluding hydrogens is 237 g/mol. The highest BCUT2D eigenvalue weighted by Gasteiger charge is 2.04. The number of hydrogen-bond donors (Lipinski definition) is 1. The van der Waals surface area contributed by atoms with Crippen molar-refractivity contribution in [2.45, 2.75) is 13.3 Å². The average molecular weight is 248 g/mol. The molecule has 0 heterocycles. The van der Waals surface area contributed by atoms with Gasteiger partial charge in [0.2, 0.25) is 0 Å². The monoisotopic (exact) mass is 247 g/mol. The first-order chi connectivity index (χ1) is 6.15. The van der Waals surface area contributed by atoms with Gasteiger partial charge in [0.05, 0.1) is 11.1 Å². The number of benzene rings is 1. The van der Waals surface area contributed by atoms with E-state index in [9.17, 15) is 4.39 Å². The van der Waals surface area contributed by atoms with Gasteiger partial charge < -0.3 is 4.84 Å². The largest absolute Gasteiger partial charge is 0.304 e. The van der Waals surface area contributed by atoms with Crippen LogP contribution in [0.5, 0.6) is 0 Å². The van der Waals surface area contributed by atoms with Crippen molar-refractivity contribution in [1.29, 1.82) is 0 Å². The molecule has 13 heavy (non-hydrogen) atoms. The molecule has 0 aliphatic rings. The second-order valence-electron chi connectivity index (χ2n) is 2.83. The van der Waals surface area contributed by atoms with E-state index in [2.05, 4.69) is 20.8 Å². The second kappa shape index (κ2) is 4.69. The molecule has 2 nitrogen and oxygen atoms in total. The minimum absolute atomic E-state index is 0.211. The van der Waals surface area contributed by atoms with Crippen LogP contribution in [0, 0.1) is 12.7 Å². The molecule has 0 bridgehead atoms. The van der Waals surface area contributed by atoms with Crippen LogP contribution in [0.1, 0.15) is 11.1 Å². The van der Waals surface area contributed by atoms with Gasteiger partial charge in [-0.1, -0.05) is 6.07 Å². The second-order valence-corrected chi connectivity index (χ2v) is 3.68. The number of hydrogen-bond acceptors (Lipinski definition) is 2. The summed E-state index contributed by atoms with van der Waals surface area (Å²) in [5.41, 5.74) is 1.64. The number of halogens is 2. The summed E-state index contributed by atoms with van der Waals surface area (Å²) in [5.74, 6) is 4.69.